The van der Waals surface area contributed by atoms with Gasteiger partial charge in [-0.1, -0.05) is 66.4 Å². The van der Waals surface area contributed by atoms with Gasteiger partial charge in [-0.2, -0.15) is 0 Å². The standard InChI is InChI=1S/C25H27BO3S/c1-17(27)30-16-20(26-28-24(2,3)25(4,5)29-26)15-23-21-12-8-6-10-18(21)14-19-11-7-9-13-22(19)23/h6-15H,16H2,1-5H3. The highest BCUT2D eigenvalue weighted by Gasteiger charge is 2.52. The third-order valence-corrected chi connectivity index (χ3v) is 7.02. The molecular weight excluding hydrogens is 391 g/mol. The van der Waals surface area contributed by atoms with Crippen LogP contribution in [0.3, 0.4) is 0 Å². The van der Waals surface area contributed by atoms with E-state index in [0.29, 0.717) is 5.75 Å². The fourth-order valence-corrected chi connectivity index (χ4v) is 4.34. The van der Waals surface area contributed by atoms with Crippen molar-refractivity contribution in [2.45, 2.75) is 45.8 Å². The Labute approximate surface area is 183 Å². The second-order valence-corrected chi connectivity index (χ2v) is 9.97. The van der Waals surface area contributed by atoms with Gasteiger partial charge < -0.3 is 9.31 Å². The van der Waals surface area contributed by atoms with Crippen LogP contribution in [0, 0.1) is 0 Å². The van der Waals surface area contributed by atoms with Gasteiger partial charge in [-0.25, -0.2) is 0 Å². The van der Waals surface area contributed by atoms with E-state index in [-0.39, 0.29) is 5.12 Å². The van der Waals surface area contributed by atoms with Crippen molar-refractivity contribution < 1.29 is 14.1 Å². The summed E-state index contributed by atoms with van der Waals surface area (Å²) < 4.78 is 12.7. The Morgan fingerprint density at radius 3 is 1.93 bits per heavy atom. The summed E-state index contributed by atoms with van der Waals surface area (Å²) >= 11 is 1.29. The van der Waals surface area contributed by atoms with Gasteiger partial charge in [0, 0.05) is 12.7 Å². The Bertz CT molecular complexity index is 1080. The molecule has 0 radical (unpaired) electrons. The summed E-state index contributed by atoms with van der Waals surface area (Å²) in [4.78, 5) is 11.7. The molecule has 1 fully saturated rings. The minimum absolute atomic E-state index is 0.0835. The van der Waals surface area contributed by atoms with Gasteiger partial charge >= 0.3 is 7.12 Å². The zero-order chi connectivity index (χ0) is 21.5. The molecule has 1 heterocycles. The quantitative estimate of drug-likeness (QED) is 0.369. The monoisotopic (exact) mass is 418 g/mol. The van der Waals surface area contributed by atoms with Crippen molar-refractivity contribution in [1.82, 2.24) is 0 Å². The van der Waals surface area contributed by atoms with Crippen molar-refractivity contribution in [3.63, 3.8) is 0 Å². The van der Waals surface area contributed by atoms with Crippen molar-refractivity contribution in [3.8, 4) is 0 Å². The van der Waals surface area contributed by atoms with Crippen LogP contribution < -0.4 is 0 Å². The van der Waals surface area contributed by atoms with Crippen molar-refractivity contribution in [3.05, 3.63) is 65.6 Å². The maximum absolute atomic E-state index is 11.7. The summed E-state index contributed by atoms with van der Waals surface area (Å²) in [6.45, 7) is 9.80. The molecule has 1 aliphatic rings. The summed E-state index contributed by atoms with van der Waals surface area (Å²) in [5, 5.41) is 4.82. The van der Waals surface area contributed by atoms with E-state index in [0.717, 1.165) is 11.0 Å². The Hall–Kier alpha value is -2.08. The lowest BCUT2D eigenvalue weighted by Crippen LogP contribution is -2.41. The van der Waals surface area contributed by atoms with Crippen LogP contribution in [0.5, 0.6) is 0 Å². The number of rotatable bonds is 4. The lowest BCUT2D eigenvalue weighted by molar-refractivity contribution is -0.109. The average molecular weight is 418 g/mol. The molecule has 154 valence electrons. The van der Waals surface area contributed by atoms with Crippen LogP contribution in [0.1, 0.15) is 40.2 Å². The number of fused-ring (bicyclic) bond motifs is 2. The Morgan fingerprint density at radius 2 is 1.43 bits per heavy atom. The van der Waals surface area contributed by atoms with Crippen molar-refractivity contribution in [1.29, 1.82) is 0 Å². The molecule has 5 heteroatoms. The summed E-state index contributed by atoms with van der Waals surface area (Å²) in [6, 6.07) is 19.0. The number of hydrogen-bond acceptors (Lipinski definition) is 4. The smallest absolute Gasteiger partial charge is 0.400 e. The molecule has 0 atom stereocenters. The van der Waals surface area contributed by atoms with Crippen LogP contribution in [-0.4, -0.2) is 29.2 Å². The van der Waals surface area contributed by atoms with E-state index in [1.807, 2.05) is 0 Å². The van der Waals surface area contributed by atoms with Gasteiger partial charge in [0.05, 0.1) is 11.2 Å². The first-order valence-electron chi connectivity index (χ1n) is 10.3. The minimum Gasteiger partial charge on any atom is -0.400 e. The molecule has 0 saturated carbocycles. The number of thioether (sulfide) groups is 1. The molecule has 3 aromatic carbocycles. The summed E-state index contributed by atoms with van der Waals surface area (Å²) in [7, 11) is -0.486. The molecule has 0 unspecified atom stereocenters. The van der Waals surface area contributed by atoms with E-state index < -0.39 is 18.3 Å². The van der Waals surface area contributed by atoms with Crippen LogP contribution in [0.25, 0.3) is 27.6 Å². The van der Waals surface area contributed by atoms with Gasteiger partial charge in [-0.15, -0.1) is 0 Å². The van der Waals surface area contributed by atoms with Crippen LogP contribution in [0.4, 0.5) is 0 Å². The molecular formula is C25H27BO3S. The molecule has 0 spiro atoms. The first-order valence-corrected chi connectivity index (χ1v) is 11.3. The van der Waals surface area contributed by atoms with Crippen molar-refractivity contribution in [2.24, 2.45) is 0 Å². The first kappa shape index (κ1) is 21.2. The van der Waals surface area contributed by atoms with E-state index in [2.05, 4.69) is 88.4 Å². The van der Waals surface area contributed by atoms with Crippen LogP contribution in [0.2, 0.25) is 0 Å². The summed E-state index contributed by atoms with van der Waals surface area (Å²) in [5.41, 5.74) is 1.24. The first-order chi connectivity index (χ1) is 14.2. The maximum atomic E-state index is 11.7. The lowest BCUT2D eigenvalue weighted by atomic mass is 9.77. The van der Waals surface area contributed by atoms with Gasteiger partial charge in [0.1, 0.15) is 0 Å². The van der Waals surface area contributed by atoms with Gasteiger partial charge in [-0.05, 0) is 66.3 Å². The fourth-order valence-electron chi connectivity index (χ4n) is 3.75. The van der Waals surface area contributed by atoms with Crippen LogP contribution >= 0.6 is 11.8 Å². The van der Waals surface area contributed by atoms with Crippen molar-refractivity contribution in [2.75, 3.05) is 5.75 Å². The van der Waals surface area contributed by atoms with Gasteiger partial charge in [0.25, 0.3) is 0 Å². The predicted molar refractivity (Wildman–Crippen MR) is 129 cm³/mol. The average Bonchev–Trinajstić information content (AvgIpc) is 2.91. The highest BCUT2D eigenvalue weighted by atomic mass is 32.2. The SMILES string of the molecule is CC(=O)SCC(=Cc1c2ccccc2cc2ccccc12)B1OC(C)(C)C(C)(C)O1. The van der Waals surface area contributed by atoms with Gasteiger partial charge in [0.2, 0.25) is 0 Å². The maximum Gasteiger partial charge on any atom is 0.491 e. The molecule has 1 aliphatic heterocycles. The summed E-state index contributed by atoms with van der Waals surface area (Å²) in [5.74, 6) is 0.531. The molecule has 3 aromatic rings. The molecule has 1 saturated heterocycles. The Balaban J connectivity index is 1.89. The minimum atomic E-state index is -0.486. The third kappa shape index (κ3) is 3.94. The molecule has 4 rings (SSSR count). The van der Waals surface area contributed by atoms with E-state index in [1.165, 1.54) is 33.3 Å². The van der Waals surface area contributed by atoms with Crippen LogP contribution in [0.15, 0.2) is 60.1 Å². The van der Waals surface area contributed by atoms with Gasteiger partial charge in [-0.3, -0.25) is 4.79 Å². The van der Waals surface area contributed by atoms with E-state index in [1.54, 1.807) is 6.92 Å². The number of carbonyl (C=O) groups is 1. The number of benzene rings is 3. The largest absolute Gasteiger partial charge is 0.491 e. The highest BCUT2D eigenvalue weighted by Crippen LogP contribution is 2.40. The van der Waals surface area contributed by atoms with Crippen molar-refractivity contribution >= 4 is 51.6 Å². The lowest BCUT2D eigenvalue weighted by Gasteiger charge is -2.32. The van der Waals surface area contributed by atoms with E-state index >= 15 is 0 Å². The van der Waals surface area contributed by atoms with Crippen LogP contribution in [-0.2, 0) is 14.1 Å². The topological polar surface area (TPSA) is 35.5 Å². The molecule has 0 amide bonds. The Kier molecular flexibility index (Phi) is 5.56. The molecule has 0 aromatic heterocycles. The second-order valence-electron chi connectivity index (χ2n) is 8.82. The zero-order valence-electron chi connectivity index (χ0n) is 18.2. The molecule has 0 aliphatic carbocycles. The Morgan fingerprint density at radius 1 is 0.933 bits per heavy atom. The molecule has 0 bridgehead atoms. The summed E-state index contributed by atoms with van der Waals surface area (Å²) in [6.07, 6.45) is 2.17. The normalized spacial score (nSPS) is 18.3. The molecule has 0 N–H and O–H groups in total. The number of hydrogen-bond donors (Lipinski definition) is 0. The number of carbonyl (C=O) groups excluding carboxylic acids is 1. The third-order valence-electron chi connectivity index (χ3n) is 6.14. The second kappa shape index (κ2) is 7.88. The zero-order valence-corrected chi connectivity index (χ0v) is 19.0. The van der Waals surface area contributed by atoms with Gasteiger partial charge in [0.15, 0.2) is 5.12 Å². The molecule has 3 nitrogen and oxygen atoms in total. The fraction of sp³-hybridized carbons (Fsp3) is 0.320. The molecule has 30 heavy (non-hydrogen) atoms. The van der Waals surface area contributed by atoms with E-state index in [9.17, 15) is 4.79 Å². The van der Waals surface area contributed by atoms with E-state index in [4.69, 9.17) is 9.31 Å². The highest BCUT2D eigenvalue weighted by molar-refractivity contribution is 8.13. The predicted octanol–water partition coefficient (Wildman–Crippen LogP) is 6.29.